The van der Waals surface area contributed by atoms with E-state index < -0.39 is 0 Å². The smallest absolute Gasteiger partial charge is 0.0835 e. The van der Waals surface area contributed by atoms with E-state index >= 15 is 0 Å². The Kier molecular flexibility index (Phi) is 1.61. The summed E-state index contributed by atoms with van der Waals surface area (Å²) >= 11 is 0. The predicted octanol–water partition coefficient (Wildman–Crippen LogP) is 1.72. The van der Waals surface area contributed by atoms with Gasteiger partial charge in [-0.1, -0.05) is 0 Å². The van der Waals surface area contributed by atoms with E-state index in [-0.39, 0.29) is 5.41 Å². The Morgan fingerprint density at radius 2 is 2.27 bits per heavy atom. The molecule has 0 aromatic carbocycles. The molecule has 11 heavy (non-hydrogen) atoms. The summed E-state index contributed by atoms with van der Waals surface area (Å²) in [5, 5.41) is 9.02. The second-order valence-electron chi connectivity index (χ2n) is 3.70. The lowest BCUT2D eigenvalue weighted by atomic mass is 9.79. The molecule has 60 valence electrons. The lowest BCUT2D eigenvalue weighted by Crippen LogP contribution is -2.32. The zero-order valence-corrected chi connectivity index (χ0v) is 6.68. The molecule has 0 radical (unpaired) electrons. The first kappa shape index (κ1) is 7.12. The quantitative estimate of drug-likeness (QED) is 0.571. The Labute approximate surface area is 67.2 Å². The van der Waals surface area contributed by atoms with Crippen molar-refractivity contribution in [2.45, 2.75) is 25.7 Å². The summed E-state index contributed by atoms with van der Waals surface area (Å²) < 4.78 is 5.36. The van der Waals surface area contributed by atoms with E-state index in [4.69, 9.17) is 10.00 Å². The monoisotopic (exact) mass is 151 g/mol. The van der Waals surface area contributed by atoms with Crippen molar-refractivity contribution in [1.82, 2.24) is 0 Å². The number of hydrogen-bond acceptors (Lipinski definition) is 2. The first-order valence-corrected chi connectivity index (χ1v) is 4.36. The Hall–Kier alpha value is -0.550. The van der Waals surface area contributed by atoms with Gasteiger partial charge in [0.15, 0.2) is 0 Å². The van der Waals surface area contributed by atoms with Gasteiger partial charge < -0.3 is 4.74 Å². The van der Waals surface area contributed by atoms with Gasteiger partial charge in [0.1, 0.15) is 0 Å². The molecule has 0 N–H and O–H groups in total. The lowest BCUT2D eigenvalue weighted by Gasteiger charge is -2.30. The molecule has 2 heteroatoms. The van der Waals surface area contributed by atoms with Crippen molar-refractivity contribution in [1.29, 1.82) is 5.26 Å². The van der Waals surface area contributed by atoms with Gasteiger partial charge in [0.25, 0.3) is 0 Å². The van der Waals surface area contributed by atoms with E-state index in [0.717, 1.165) is 19.4 Å². The third-order valence-electron chi connectivity index (χ3n) is 2.85. The fourth-order valence-electron chi connectivity index (χ4n) is 1.95. The number of nitriles is 1. The average molecular weight is 151 g/mol. The summed E-state index contributed by atoms with van der Waals surface area (Å²) in [6.07, 6.45) is 4.63. The number of ether oxygens (including phenoxy) is 1. The van der Waals surface area contributed by atoms with Crippen LogP contribution in [0.4, 0.5) is 0 Å². The summed E-state index contributed by atoms with van der Waals surface area (Å²) in [4.78, 5) is 0. The average Bonchev–Trinajstić information content (AvgIpc) is 2.88. The third-order valence-corrected chi connectivity index (χ3v) is 2.85. The minimum Gasteiger partial charge on any atom is -0.380 e. The van der Waals surface area contributed by atoms with Crippen LogP contribution in [0.15, 0.2) is 0 Å². The summed E-state index contributed by atoms with van der Waals surface area (Å²) in [7, 11) is 0. The lowest BCUT2D eigenvalue weighted by molar-refractivity contribution is 0.0113. The minimum absolute atomic E-state index is 0.0851. The summed E-state index contributed by atoms with van der Waals surface area (Å²) in [6, 6.07) is 2.45. The minimum atomic E-state index is -0.0851. The van der Waals surface area contributed by atoms with Crippen LogP contribution < -0.4 is 0 Å². The molecule has 1 aliphatic carbocycles. The van der Waals surface area contributed by atoms with E-state index in [1.165, 1.54) is 12.8 Å². The molecule has 1 saturated carbocycles. The Bertz CT molecular complexity index is 184. The zero-order chi connectivity index (χ0) is 7.73. The van der Waals surface area contributed by atoms with Gasteiger partial charge in [0, 0.05) is 6.61 Å². The second-order valence-corrected chi connectivity index (χ2v) is 3.70. The van der Waals surface area contributed by atoms with Gasteiger partial charge in [0.2, 0.25) is 0 Å². The molecule has 0 amide bonds. The van der Waals surface area contributed by atoms with Crippen molar-refractivity contribution in [3.05, 3.63) is 0 Å². The standard InChI is InChI=1S/C9H13NO/c10-6-9(8-2-3-8)4-1-5-11-7-9/h8H,1-5,7H2. The first-order chi connectivity index (χ1) is 5.37. The number of nitrogens with zero attached hydrogens (tertiary/aromatic N) is 1. The molecule has 2 nitrogen and oxygen atoms in total. The number of rotatable bonds is 1. The molecule has 1 aliphatic heterocycles. The molecule has 0 aromatic heterocycles. The maximum Gasteiger partial charge on any atom is 0.0835 e. The van der Waals surface area contributed by atoms with Crippen LogP contribution in [-0.2, 0) is 4.74 Å². The third kappa shape index (κ3) is 1.14. The largest absolute Gasteiger partial charge is 0.380 e. The maximum atomic E-state index is 9.02. The van der Waals surface area contributed by atoms with Crippen LogP contribution in [0, 0.1) is 22.7 Å². The highest BCUT2D eigenvalue weighted by molar-refractivity contribution is 5.08. The molecule has 1 heterocycles. The van der Waals surface area contributed by atoms with Gasteiger partial charge >= 0.3 is 0 Å². The zero-order valence-electron chi connectivity index (χ0n) is 6.68. The van der Waals surface area contributed by atoms with Gasteiger partial charge in [-0.25, -0.2) is 0 Å². The van der Waals surface area contributed by atoms with Crippen molar-refractivity contribution in [2.75, 3.05) is 13.2 Å². The summed E-state index contributed by atoms with van der Waals surface area (Å²) in [6.45, 7) is 1.55. The maximum absolute atomic E-state index is 9.02. The van der Waals surface area contributed by atoms with Gasteiger partial charge in [-0.2, -0.15) is 5.26 Å². The van der Waals surface area contributed by atoms with Crippen molar-refractivity contribution in [3.8, 4) is 6.07 Å². The van der Waals surface area contributed by atoms with E-state index in [2.05, 4.69) is 6.07 Å². The highest BCUT2D eigenvalue weighted by atomic mass is 16.5. The van der Waals surface area contributed by atoms with Crippen LogP contribution in [0.5, 0.6) is 0 Å². The van der Waals surface area contributed by atoms with E-state index in [1.807, 2.05) is 0 Å². The van der Waals surface area contributed by atoms with Crippen LogP contribution in [-0.4, -0.2) is 13.2 Å². The molecule has 1 atom stereocenters. The Morgan fingerprint density at radius 1 is 1.45 bits per heavy atom. The van der Waals surface area contributed by atoms with Crippen molar-refractivity contribution < 1.29 is 4.74 Å². The molecule has 2 aliphatic rings. The fraction of sp³-hybridized carbons (Fsp3) is 0.889. The second kappa shape index (κ2) is 2.49. The first-order valence-electron chi connectivity index (χ1n) is 4.36. The molecule has 0 bridgehead atoms. The predicted molar refractivity (Wildman–Crippen MR) is 40.8 cm³/mol. The molecule has 2 fully saturated rings. The van der Waals surface area contributed by atoms with E-state index in [0.29, 0.717) is 12.5 Å². The van der Waals surface area contributed by atoms with Gasteiger partial charge in [0.05, 0.1) is 18.1 Å². The summed E-state index contributed by atoms with van der Waals surface area (Å²) in [5.41, 5.74) is -0.0851. The molecular weight excluding hydrogens is 138 g/mol. The van der Waals surface area contributed by atoms with Crippen molar-refractivity contribution >= 4 is 0 Å². The van der Waals surface area contributed by atoms with Crippen LogP contribution in [0.25, 0.3) is 0 Å². The molecule has 1 saturated heterocycles. The highest BCUT2D eigenvalue weighted by Crippen LogP contribution is 2.49. The topological polar surface area (TPSA) is 33.0 Å². The van der Waals surface area contributed by atoms with E-state index in [1.54, 1.807) is 0 Å². The Balaban J connectivity index is 2.08. The van der Waals surface area contributed by atoms with Crippen LogP contribution in [0.3, 0.4) is 0 Å². The van der Waals surface area contributed by atoms with Crippen LogP contribution in [0.2, 0.25) is 0 Å². The van der Waals surface area contributed by atoms with Crippen LogP contribution in [0.1, 0.15) is 25.7 Å². The highest BCUT2D eigenvalue weighted by Gasteiger charge is 2.46. The normalized spacial score (nSPS) is 38.1. The van der Waals surface area contributed by atoms with Crippen molar-refractivity contribution in [2.24, 2.45) is 11.3 Å². The van der Waals surface area contributed by atoms with Crippen LogP contribution >= 0.6 is 0 Å². The van der Waals surface area contributed by atoms with Gasteiger partial charge in [-0.3, -0.25) is 0 Å². The Morgan fingerprint density at radius 3 is 2.73 bits per heavy atom. The molecule has 0 aromatic rings. The molecule has 2 rings (SSSR count). The van der Waals surface area contributed by atoms with Gasteiger partial charge in [-0.15, -0.1) is 0 Å². The van der Waals surface area contributed by atoms with E-state index in [9.17, 15) is 0 Å². The number of hydrogen-bond donors (Lipinski definition) is 0. The van der Waals surface area contributed by atoms with Crippen molar-refractivity contribution in [3.63, 3.8) is 0 Å². The molecular formula is C9H13NO. The summed E-state index contributed by atoms with van der Waals surface area (Å²) in [5.74, 6) is 0.660. The SMILES string of the molecule is N#CC1(C2CC2)CCCOC1. The fourth-order valence-corrected chi connectivity index (χ4v) is 1.95. The molecule has 0 spiro atoms. The molecule has 1 unspecified atom stereocenters. The van der Waals surface area contributed by atoms with Gasteiger partial charge in [-0.05, 0) is 31.6 Å².